The summed E-state index contributed by atoms with van der Waals surface area (Å²) in [5, 5.41) is 18.6. The Balaban J connectivity index is 0.00000441. The molecule has 0 saturated heterocycles. The molecule has 0 heterocycles. The molecule has 1 radical (unpaired) electrons. The van der Waals surface area contributed by atoms with Crippen molar-refractivity contribution in [2.45, 2.75) is 26.4 Å². The van der Waals surface area contributed by atoms with Crippen molar-refractivity contribution in [1.29, 1.82) is 5.41 Å². The van der Waals surface area contributed by atoms with Crippen LogP contribution in [0.2, 0.25) is 0 Å². The first-order chi connectivity index (χ1) is 9.67. The Kier molecular flexibility index (Phi) is 8.08. The zero-order valence-corrected chi connectivity index (χ0v) is 15.1. The van der Waals surface area contributed by atoms with Gasteiger partial charge in [-0.05, 0) is 32.4 Å². The number of carbonyl (C=O) groups is 2. The van der Waals surface area contributed by atoms with Gasteiger partial charge in [-0.15, -0.1) is 0 Å². The largest absolute Gasteiger partial charge is 0.478 e. The van der Waals surface area contributed by atoms with Gasteiger partial charge >= 0.3 is 12.1 Å². The number of nitrogens with one attached hydrogen (secondary N) is 2. The number of amidine groups is 1. The van der Waals surface area contributed by atoms with Gasteiger partial charge in [0.05, 0.1) is 0 Å². The minimum atomic E-state index is -1.03. The van der Waals surface area contributed by atoms with Crippen LogP contribution in [0.3, 0.4) is 0 Å². The van der Waals surface area contributed by atoms with E-state index in [2.05, 4.69) is 5.32 Å². The van der Waals surface area contributed by atoms with Crippen molar-refractivity contribution in [2.24, 2.45) is 0 Å². The molecule has 113 valence electrons. The van der Waals surface area contributed by atoms with E-state index in [1.54, 1.807) is 45.0 Å². The van der Waals surface area contributed by atoms with Crippen LogP contribution in [0.1, 0.15) is 31.9 Å². The van der Waals surface area contributed by atoms with E-state index in [0.29, 0.717) is 11.1 Å². The van der Waals surface area contributed by atoms with Crippen molar-refractivity contribution in [3.05, 3.63) is 41.5 Å². The quantitative estimate of drug-likeness (QED) is 0.345. The maximum Gasteiger partial charge on any atom is 0.413 e. The van der Waals surface area contributed by atoms with Gasteiger partial charge in [-0.25, -0.2) is 9.59 Å². The smallest absolute Gasteiger partial charge is 0.413 e. The number of hydrogen-bond donors (Lipinski definition) is 3. The monoisotopic (exact) mass is 313 g/mol. The van der Waals surface area contributed by atoms with Gasteiger partial charge in [-0.2, -0.15) is 0 Å². The van der Waals surface area contributed by atoms with E-state index in [4.69, 9.17) is 15.3 Å². The number of rotatable bonds is 3. The number of ether oxygens (including phenoxy) is 1. The van der Waals surface area contributed by atoms with Gasteiger partial charge in [0.25, 0.3) is 0 Å². The molecule has 0 bridgehead atoms. The molecule has 0 aliphatic heterocycles. The predicted octanol–water partition coefficient (Wildman–Crippen LogP) is 2.25. The minimum absolute atomic E-state index is 0. The fourth-order valence-corrected chi connectivity index (χ4v) is 1.41. The topological polar surface area (TPSA) is 99.5 Å². The first kappa shape index (κ1) is 20.4. The van der Waals surface area contributed by atoms with E-state index < -0.39 is 17.7 Å². The number of carboxylic acids is 1. The van der Waals surface area contributed by atoms with E-state index in [1.807, 2.05) is 0 Å². The Hall–Kier alpha value is -1.63. The molecule has 1 aromatic rings. The molecular weight excluding hydrogens is 295 g/mol. The number of carboxylic acid groups (broad SMARTS) is 1. The maximum absolute atomic E-state index is 11.5. The van der Waals surface area contributed by atoms with Crippen molar-refractivity contribution in [1.82, 2.24) is 5.32 Å². The van der Waals surface area contributed by atoms with Crippen LogP contribution in [-0.2, 0) is 9.53 Å². The molecule has 0 unspecified atom stereocenters. The van der Waals surface area contributed by atoms with Crippen LogP contribution in [0, 0.1) is 5.41 Å². The minimum Gasteiger partial charge on any atom is -0.478 e. The predicted molar refractivity (Wildman–Crippen MR) is 85.1 cm³/mol. The van der Waals surface area contributed by atoms with Crippen molar-refractivity contribution < 1.29 is 19.4 Å². The van der Waals surface area contributed by atoms with Crippen LogP contribution in [-0.4, -0.2) is 58.2 Å². The zero-order chi connectivity index (χ0) is 16.0. The van der Waals surface area contributed by atoms with Gasteiger partial charge in [-0.3, -0.25) is 10.7 Å². The number of carbonyl (C=O) groups excluding carboxylic acids is 1. The van der Waals surface area contributed by atoms with E-state index in [9.17, 15) is 9.59 Å². The van der Waals surface area contributed by atoms with E-state index in [-0.39, 0.29) is 35.4 Å². The molecule has 0 fully saturated rings. The third-order valence-electron chi connectivity index (χ3n) is 2.24. The SMILES string of the molecule is CC(C)(C)OC(=O)NC(=N)c1ccc(C=CC(=O)O)cc1.[Na]. The van der Waals surface area contributed by atoms with Gasteiger partial charge in [-0.1, -0.05) is 24.3 Å². The standard InChI is InChI=1S/C15H18N2O4.Na/c1-15(2,3)21-14(20)17-13(16)11-7-4-10(5-8-11)6-9-12(18)19;/h4-9H,1-3H3,(H,18,19)(H2,16,17,20);. The summed E-state index contributed by atoms with van der Waals surface area (Å²) >= 11 is 0. The Morgan fingerprint density at radius 3 is 2.23 bits per heavy atom. The molecule has 3 N–H and O–H groups in total. The van der Waals surface area contributed by atoms with Gasteiger partial charge in [0.2, 0.25) is 0 Å². The molecule has 6 nitrogen and oxygen atoms in total. The molecule has 0 spiro atoms. The number of amides is 1. The maximum atomic E-state index is 11.5. The average Bonchev–Trinajstić information content (AvgIpc) is 2.34. The van der Waals surface area contributed by atoms with Gasteiger partial charge in [0.15, 0.2) is 0 Å². The van der Waals surface area contributed by atoms with Crippen molar-refractivity contribution in [3.63, 3.8) is 0 Å². The van der Waals surface area contributed by atoms with Crippen molar-refractivity contribution in [3.8, 4) is 0 Å². The van der Waals surface area contributed by atoms with Gasteiger partial charge in [0, 0.05) is 41.2 Å². The molecule has 1 aromatic carbocycles. The number of alkyl carbamates (subject to hydrolysis) is 1. The Morgan fingerprint density at radius 2 is 1.77 bits per heavy atom. The van der Waals surface area contributed by atoms with E-state index in [1.165, 1.54) is 6.08 Å². The third-order valence-corrected chi connectivity index (χ3v) is 2.24. The Labute approximate surface area is 151 Å². The van der Waals surface area contributed by atoms with Crippen LogP contribution >= 0.6 is 0 Å². The molecule has 1 amide bonds. The molecule has 1 rings (SSSR count). The summed E-state index contributed by atoms with van der Waals surface area (Å²) in [6.45, 7) is 5.21. The van der Waals surface area contributed by atoms with Crippen LogP contribution in [0.5, 0.6) is 0 Å². The third kappa shape index (κ3) is 7.97. The molecule has 0 aromatic heterocycles. The first-order valence-electron chi connectivity index (χ1n) is 6.27. The summed E-state index contributed by atoms with van der Waals surface area (Å²) in [7, 11) is 0. The second-order valence-electron chi connectivity index (χ2n) is 5.30. The van der Waals surface area contributed by atoms with Crippen LogP contribution in [0.25, 0.3) is 6.08 Å². The molecule has 7 heteroatoms. The summed E-state index contributed by atoms with van der Waals surface area (Å²) < 4.78 is 5.05. The van der Waals surface area contributed by atoms with Gasteiger partial charge in [0.1, 0.15) is 11.4 Å². The van der Waals surface area contributed by atoms with Gasteiger partial charge < -0.3 is 9.84 Å². The van der Waals surface area contributed by atoms with E-state index >= 15 is 0 Å². The second-order valence-corrected chi connectivity index (χ2v) is 5.30. The number of hydrogen-bond acceptors (Lipinski definition) is 4. The van der Waals surface area contributed by atoms with Crippen LogP contribution < -0.4 is 5.32 Å². The van der Waals surface area contributed by atoms with Crippen LogP contribution in [0.4, 0.5) is 4.79 Å². The molecular formula is C15H18N2NaO4. The summed E-state index contributed by atoms with van der Waals surface area (Å²) in [5.41, 5.74) is 0.551. The molecule has 22 heavy (non-hydrogen) atoms. The molecule has 0 aliphatic rings. The van der Waals surface area contributed by atoms with Crippen molar-refractivity contribution >= 4 is 53.5 Å². The molecule has 0 atom stereocenters. The number of aliphatic carboxylic acids is 1. The van der Waals surface area contributed by atoms with Crippen molar-refractivity contribution in [2.75, 3.05) is 0 Å². The summed E-state index contributed by atoms with van der Waals surface area (Å²) in [6, 6.07) is 6.53. The zero-order valence-electron chi connectivity index (χ0n) is 13.1. The number of benzene rings is 1. The summed E-state index contributed by atoms with van der Waals surface area (Å²) in [4.78, 5) is 21.9. The first-order valence-corrected chi connectivity index (χ1v) is 6.27. The normalized spacial score (nSPS) is 10.7. The Morgan fingerprint density at radius 1 is 1.23 bits per heavy atom. The Bertz CT molecular complexity index is 574. The van der Waals surface area contributed by atoms with E-state index in [0.717, 1.165) is 6.08 Å². The molecule has 0 aliphatic carbocycles. The molecule has 0 saturated carbocycles. The fraction of sp³-hybridized carbons (Fsp3) is 0.267. The average molecular weight is 313 g/mol. The fourth-order valence-electron chi connectivity index (χ4n) is 1.41. The van der Waals surface area contributed by atoms with Crippen LogP contribution in [0.15, 0.2) is 30.3 Å². The summed E-state index contributed by atoms with van der Waals surface area (Å²) in [5.74, 6) is -1.11. The second kappa shape index (κ2) is 8.73. The summed E-state index contributed by atoms with van der Waals surface area (Å²) in [6.07, 6.45) is 1.78.